The molecule has 1 saturated heterocycles. The van der Waals surface area contributed by atoms with Crippen molar-refractivity contribution in [2.75, 3.05) is 18.5 Å². The average molecular weight is 284 g/mol. The summed E-state index contributed by atoms with van der Waals surface area (Å²) in [6, 6.07) is -0.166. The Kier molecular flexibility index (Phi) is 4.42. The van der Waals surface area contributed by atoms with E-state index < -0.39 is 0 Å². The van der Waals surface area contributed by atoms with Crippen molar-refractivity contribution < 1.29 is 4.79 Å². The molecular formula is C12H18ClN5O. The van der Waals surface area contributed by atoms with Gasteiger partial charge >= 0.3 is 6.03 Å². The summed E-state index contributed by atoms with van der Waals surface area (Å²) in [4.78, 5) is 21.6. The molecule has 0 bridgehead atoms. The van der Waals surface area contributed by atoms with Gasteiger partial charge in [0.15, 0.2) is 11.0 Å². The van der Waals surface area contributed by atoms with Gasteiger partial charge in [-0.1, -0.05) is 25.4 Å². The molecule has 2 amide bonds. The summed E-state index contributed by atoms with van der Waals surface area (Å²) in [7, 11) is 0. The van der Waals surface area contributed by atoms with Gasteiger partial charge in [-0.05, 0) is 18.3 Å². The molecule has 2 atom stereocenters. The van der Waals surface area contributed by atoms with Crippen LogP contribution in [-0.2, 0) is 0 Å². The van der Waals surface area contributed by atoms with Gasteiger partial charge in [0.25, 0.3) is 0 Å². The summed E-state index contributed by atoms with van der Waals surface area (Å²) in [5.41, 5.74) is 5.28. The van der Waals surface area contributed by atoms with Crippen LogP contribution in [0, 0.1) is 11.8 Å². The number of urea groups is 1. The lowest BCUT2D eigenvalue weighted by Gasteiger charge is -2.35. The molecule has 2 unspecified atom stereocenters. The van der Waals surface area contributed by atoms with Crippen molar-refractivity contribution >= 4 is 23.4 Å². The normalized spacial score (nSPS) is 23.0. The maximum absolute atomic E-state index is 12.0. The van der Waals surface area contributed by atoms with E-state index in [-0.39, 0.29) is 11.2 Å². The summed E-state index contributed by atoms with van der Waals surface area (Å²) in [5.74, 6) is 1.52. The van der Waals surface area contributed by atoms with Crippen LogP contribution in [0.5, 0.6) is 0 Å². The van der Waals surface area contributed by atoms with Crippen molar-refractivity contribution in [3.8, 4) is 0 Å². The number of halogens is 1. The Morgan fingerprint density at radius 3 is 2.79 bits per heavy atom. The van der Waals surface area contributed by atoms with E-state index >= 15 is 0 Å². The van der Waals surface area contributed by atoms with E-state index in [0.717, 1.165) is 19.5 Å². The molecule has 0 aliphatic carbocycles. The second-order valence-electron chi connectivity index (χ2n) is 4.94. The first-order chi connectivity index (χ1) is 9.08. The van der Waals surface area contributed by atoms with Gasteiger partial charge in [0.1, 0.15) is 0 Å². The van der Waals surface area contributed by atoms with Crippen molar-refractivity contribution in [2.24, 2.45) is 11.8 Å². The molecule has 0 aromatic carbocycles. The number of hydrogen-bond acceptors (Lipinski definition) is 4. The van der Waals surface area contributed by atoms with Crippen LogP contribution in [0.4, 0.5) is 10.6 Å². The number of piperidine rings is 1. The molecule has 2 heterocycles. The molecule has 1 aromatic rings. The average Bonchev–Trinajstić information content (AvgIpc) is 2.40. The summed E-state index contributed by atoms with van der Waals surface area (Å²) >= 11 is 5.83. The van der Waals surface area contributed by atoms with Crippen molar-refractivity contribution in [3.63, 3.8) is 0 Å². The second-order valence-corrected chi connectivity index (χ2v) is 5.30. The SMILES string of the molecule is CC1CCN(C(=O)NNc2nccnc2Cl)CC1C. The van der Waals surface area contributed by atoms with Crippen LogP contribution in [0.2, 0.25) is 5.15 Å². The molecule has 1 aliphatic heterocycles. The van der Waals surface area contributed by atoms with Crippen LogP contribution in [0.15, 0.2) is 12.4 Å². The number of hydrazine groups is 1. The Morgan fingerprint density at radius 2 is 2.11 bits per heavy atom. The van der Waals surface area contributed by atoms with Crippen LogP contribution in [0.25, 0.3) is 0 Å². The Bertz CT molecular complexity index is 456. The van der Waals surface area contributed by atoms with Gasteiger partial charge in [0.05, 0.1) is 0 Å². The predicted octanol–water partition coefficient (Wildman–Crippen LogP) is 2.14. The maximum atomic E-state index is 12.0. The summed E-state index contributed by atoms with van der Waals surface area (Å²) in [5, 5.41) is 0.225. The van der Waals surface area contributed by atoms with Crippen LogP contribution in [0.3, 0.4) is 0 Å². The number of carbonyl (C=O) groups excluding carboxylic acids is 1. The molecular weight excluding hydrogens is 266 g/mol. The van der Waals surface area contributed by atoms with Gasteiger partial charge in [-0.25, -0.2) is 14.8 Å². The highest BCUT2D eigenvalue weighted by Gasteiger charge is 2.25. The van der Waals surface area contributed by atoms with Crippen molar-refractivity contribution in [2.45, 2.75) is 20.3 Å². The number of anilines is 1. The van der Waals surface area contributed by atoms with E-state index in [4.69, 9.17) is 11.6 Å². The summed E-state index contributed by atoms with van der Waals surface area (Å²) < 4.78 is 0. The second kappa shape index (κ2) is 6.06. The molecule has 1 aromatic heterocycles. The lowest BCUT2D eigenvalue weighted by Crippen LogP contribution is -2.48. The Balaban J connectivity index is 1.87. The first-order valence-electron chi connectivity index (χ1n) is 6.35. The lowest BCUT2D eigenvalue weighted by molar-refractivity contribution is 0.146. The van der Waals surface area contributed by atoms with Gasteiger partial charge < -0.3 is 4.90 Å². The highest BCUT2D eigenvalue weighted by molar-refractivity contribution is 6.31. The molecule has 2 rings (SSSR count). The number of rotatable bonds is 2. The molecule has 0 radical (unpaired) electrons. The summed E-state index contributed by atoms with van der Waals surface area (Å²) in [6.45, 7) is 5.92. The van der Waals surface area contributed by atoms with Gasteiger partial charge in [-0.3, -0.25) is 10.9 Å². The van der Waals surface area contributed by atoms with Crippen LogP contribution in [0.1, 0.15) is 20.3 Å². The number of carbonyl (C=O) groups is 1. The smallest absolute Gasteiger partial charge is 0.323 e. The Labute approximate surface area is 117 Å². The third-order valence-corrected chi connectivity index (χ3v) is 3.84. The zero-order chi connectivity index (χ0) is 13.8. The minimum absolute atomic E-state index is 0.166. The van der Waals surface area contributed by atoms with Crippen molar-refractivity contribution in [3.05, 3.63) is 17.5 Å². The van der Waals surface area contributed by atoms with Crippen LogP contribution >= 0.6 is 11.6 Å². The van der Waals surface area contributed by atoms with Crippen molar-refractivity contribution in [1.82, 2.24) is 20.3 Å². The zero-order valence-electron chi connectivity index (χ0n) is 11.1. The fourth-order valence-corrected chi connectivity index (χ4v) is 2.20. The number of nitrogens with one attached hydrogen (secondary N) is 2. The number of aromatic nitrogens is 2. The highest BCUT2D eigenvalue weighted by Crippen LogP contribution is 2.22. The first-order valence-corrected chi connectivity index (χ1v) is 6.73. The zero-order valence-corrected chi connectivity index (χ0v) is 11.8. The van der Waals surface area contributed by atoms with Gasteiger partial charge in [0.2, 0.25) is 0 Å². The van der Waals surface area contributed by atoms with Gasteiger partial charge in [-0.2, -0.15) is 0 Å². The Morgan fingerprint density at radius 1 is 1.37 bits per heavy atom. The highest BCUT2D eigenvalue weighted by atomic mass is 35.5. The number of nitrogens with zero attached hydrogens (tertiary/aromatic N) is 3. The van der Waals surface area contributed by atoms with E-state index in [1.165, 1.54) is 12.4 Å². The number of likely N-dealkylation sites (tertiary alicyclic amines) is 1. The van der Waals surface area contributed by atoms with E-state index in [2.05, 4.69) is 34.7 Å². The fraction of sp³-hybridized carbons (Fsp3) is 0.583. The molecule has 1 aliphatic rings. The Hall–Kier alpha value is -1.56. The van der Waals surface area contributed by atoms with E-state index in [1.54, 1.807) is 4.90 Å². The number of hydrogen-bond donors (Lipinski definition) is 2. The quantitative estimate of drug-likeness (QED) is 0.816. The van der Waals surface area contributed by atoms with E-state index in [0.29, 0.717) is 17.7 Å². The summed E-state index contributed by atoms with van der Waals surface area (Å²) in [6.07, 6.45) is 4.02. The maximum Gasteiger partial charge on any atom is 0.336 e. The minimum atomic E-state index is -0.166. The molecule has 2 N–H and O–H groups in total. The number of amides is 2. The third kappa shape index (κ3) is 3.47. The predicted molar refractivity (Wildman–Crippen MR) is 73.7 cm³/mol. The van der Waals surface area contributed by atoms with E-state index in [1.807, 2.05) is 0 Å². The van der Waals surface area contributed by atoms with Crippen molar-refractivity contribution in [1.29, 1.82) is 0 Å². The van der Waals surface area contributed by atoms with Crippen LogP contribution in [-0.4, -0.2) is 34.0 Å². The molecule has 104 valence electrons. The third-order valence-electron chi connectivity index (χ3n) is 3.56. The minimum Gasteiger partial charge on any atom is -0.323 e. The standard InChI is InChI=1S/C12H18ClN5O/c1-8-3-6-18(7-9(8)2)12(19)17-16-11-10(13)14-4-5-15-11/h4-5,8-9H,3,6-7H2,1-2H3,(H,15,16)(H,17,19). The van der Waals surface area contributed by atoms with E-state index in [9.17, 15) is 4.79 Å². The monoisotopic (exact) mass is 283 g/mol. The molecule has 19 heavy (non-hydrogen) atoms. The molecule has 0 saturated carbocycles. The first kappa shape index (κ1) is 13.9. The van der Waals surface area contributed by atoms with Crippen LogP contribution < -0.4 is 10.9 Å². The van der Waals surface area contributed by atoms with Gasteiger partial charge in [-0.15, -0.1) is 0 Å². The molecule has 7 heteroatoms. The lowest BCUT2D eigenvalue weighted by atomic mass is 9.89. The largest absolute Gasteiger partial charge is 0.336 e. The molecule has 0 spiro atoms. The van der Waals surface area contributed by atoms with Gasteiger partial charge in [0, 0.05) is 25.5 Å². The molecule has 1 fully saturated rings. The molecule has 6 nitrogen and oxygen atoms in total. The fourth-order valence-electron chi connectivity index (χ4n) is 2.04. The topological polar surface area (TPSA) is 70.2 Å².